The van der Waals surface area contributed by atoms with Gasteiger partial charge in [0.15, 0.2) is 5.82 Å². The van der Waals surface area contributed by atoms with Crippen LogP contribution in [-0.2, 0) is 0 Å². The summed E-state index contributed by atoms with van der Waals surface area (Å²) in [5.74, 6) is 1.49. The van der Waals surface area contributed by atoms with Crippen molar-refractivity contribution in [2.45, 2.75) is 32.7 Å². The largest absolute Gasteiger partial charge is 0.396 e. The Morgan fingerprint density at radius 3 is 2.58 bits per heavy atom. The number of hydrogen-bond acceptors (Lipinski definition) is 5. The Kier molecular flexibility index (Phi) is 3.96. The van der Waals surface area contributed by atoms with E-state index in [0.717, 1.165) is 25.9 Å². The van der Waals surface area contributed by atoms with Crippen LogP contribution in [0.15, 0.2) is 0 Å². The van der Waals surface area contributed by atoms with Crippen LogP contribution in [0.5, 0.6) is 0 Å². The molecule has 3 N–H and O–H groups in total. The maximum absolute atomic E-state index is 9.27. The molecule has 1 aliphatic heterocycles. The topological polar surface area (TPSA) is 91.1 Å². The average molecular weight is 263 g/mol. The Hall–Kier alpha value is -1.74. The third-order valence-corrected chi connectivity index (χ3v) is 3.70. The van der Waals surface area contributed by atoms with Crippen LogP contribution in [0.1, 0.15) is 38.3 Å². The lowest BCUT2D eigenvalue weighted by Gasteiger charge is -2.31. The molecule has 0 aliphatic carbocycles. The molecule has 2 heterocycles. The highest BCUT2D eigenvalue weighted by atomic mass is 16.3. The minimum atomic E-state index is 0.135. The number of aliphatic hydroxyl groups excluding tert-OH is 1. The zero-order chi connectivity index (χ0) is 14.0. The molecule has 0 atom stereocenters. The van der Waals surface area contributed by atoms with Gasteiger partial charge in [-0.05, 0) is 32.6 Å². The smallest absolute Gasteiger partial charge is 0.170 e. The predicted octanol–water partition coefficient (Wildman–Crippen LogP) is 1.13. The fraction of sp³-hybridized carbons (Fsp3) is 0.692. The summed E-state index contributed by atoms with van der Waals surface area (Å²) in [6.07, 6.45) is 1.85. The Labute approximate surface area is 113 Å². The molecule has 2 rings (SSSR count). The van der Waals surface area contributed by atoms with E-state index in [1.165, 1.54) is 0 Å². The highest BCUT2D eigenvalue weighted by molar-refractivity contribution is 5.65. The number of nitrogen functional groups attached to an aromatic ring is 1. The minimum Gasteiger partial charge on any atom is -0.396 e. The third-order valence-electron chi connectivity index (χ3n) is 3.70. The zero-order valence-corrected chi connectivity index (χ0v) is 11.5. The van der Waals surface area contributed by atoms with E-state index in [0.29, 0.717) is 23.1 Å². The van der Waals surface area contributed by atoms with E-state index >= 15 is 0 Å². The van der Waals surface area contributed by atoms with Crippen molar-refractivity contribution >= 4 is 11.6 Å². The lowest BCUT2D eigenvalue weighted by atomic mass is 9.98. The number of aromatic nitrogens is 2. The number of hydrogen-bond donors (Lipinski definition) is 2. The first-order chi connectivity index (χ1) is 9.08. The molecule has 104 valence electrons. The van der Waals surface area contributed by atoms with Crippen LogP contribution in [0.3, 0.4) is 0 Å². The van der Waals surface area contributed by atoms with Gasteiger partial charge in [-0.3, -0.25) is 0 Å². The summed E-state index contributed by atoms with van der Waals surface area (Å²) >= 11 is 0. The van der Waals surface area contributed by atoms with Gasteiger partial charge in [0.25, 0.3) is 0 Å². The molecule has 1 aromatic heterocycles. The monoisotopic (exact) mass is 263 g/mol. The van der Waals surface area contributed by atoms with Crippen LogP contribution in [0.4, 0.5) is 11.6 Å². The number of nitriles is 1. The second-order valence-corrected chi connectivity index (χ2v) is 5.35. The first-order valence-electron chi connectivity index (χ1n) is 6.72. The molecular weight excluding hydrogens is 242 g/mol. The Bertz CT molecular complexity index is 480. The number of nitrogens with two attached hydrogens (primary N) is 1. The molecule has 0 amide bonds. The van der Waals surface area contributed by atoms with Crippen molar-refractivity contribution < 1.29 is 5.11 Å². The van der Waals surface area contributed by atoms with Crippen LogP contribution in [0, 0.1) is 17.2 Å². The van der Waals surface area contributed by atoms with E-state index in [1.54, 1.807) is 4.68 Å². The third kappa shape index (κ3) is 2.51. The fourth-order valence-corrected chi connectivity index (χ4v) is 2.48. The molecule has 0 bridgehead atoms. The molecule has 1 aliphatic rings. The van der Waals surface area contributed by atoms with Gasteiger partial charge in [-0.2, -0.15) is 10.4 Å². The van der Waals surface area contributed by atoms with E-state index < -0.39 is 0 Å². The molecule has 0 radical (unpaired) electrons. The summed E-state index contributed by atoms with van der Waals surface area (Å²) in [4.78, 5) is 2.10. The summed E-state index contributed by atoms with van der Waals surface area (Å²) in [5.41, 5.74) is 6.46. The highest BCUT2D eigenvalue weighted by Crippen LogP contribution is 2.29. The Balaban J connectivity index is 2.26. The SMILES string of the molecule is CC(C)n1nc(N2CCC(CO)CC2)c(C#N)c1N. The minimum absolute atomic E-state index is 0.135. The van der Waals surface area contributed by atoms with Crippen molar-refractivity contribution in [3.63, 3.8) is 0 Å². The van der Waals surface area contributed by atoms with Crippen molar-refractivity contribution in [2.75, 3.05) is 30.3 Å². The molecule has 19 heavy (non-hydrogen) atoms. The molecule has 6 nitrogen and oxygen atoms in total. The second kappa shape index (κ2) is 5.49. The molecule has 1 fully saturated rings. The van der Waals surface area contributed by atoms with Gasteiger partial charge in [-0.15, -0.1) is 0 Å². The molecule has 1 aromatic rings. The molecule has 1 saturated heterocycles. The Morgan fingerprint density at radius 1 is 1.47 bits per heavy atom. The quantitative estimate of drug-likeness (QED) is 0.853. The zero-order valence-electron chi connectivity index (χ0n) is 11.5. The van der Waals surface area contributed by atoms with Crippen LogP contribution in [0.2, 0.25) is 0 Å². The highest BCUT2D eigenvalue weighted by Gasteiger charge is 2.25. The number of anilines is 2. The lowest BCUT2D eigenvalue weighted by Crippen LogP contribution is -2.35. The van der Waals surface area contributed by atoms with Gasteiger partial charge in [0, 0.05) is 25.7 Å². The molecule has 0 spiro atoms. The molecule has 0 saturated carbocycles. The summed E-state index contributed by atoms with van der Waals surface area (Å²) in [7, 11) is 0. The van der Waals surface area contributed by atoms with E-state index in [9.17, 15) is 5.26 Å². The van der Waals surface area contributed by atoms with Crippen LogP contribution in [-0.4, -0.2) is 34.6 Å². The lowest BCUT2D eigenvalue weighted by molar-refractivity contribution is 0.202. The molecule has 0 unspecified atom stereocenters. The maximum atomic E-state index is 9.27. The van der Waals surface area contributed by atoms with Crippen molar-refractivity contribution in [1.29, 1.82) is 5.26 Å². The van der Waals surface area contributed by atoms with Crippen molar-refractivity contribution in [3.8, 4) is 6.07 Å². The first-order valence-corrected chi connectivity index (χ1v) is 6.72. The predicted molar refractivity (Wildman–Crippen MR) is 73.8 cm³/mol. The van der Waals surface area contributed by atoms with Crippen molar-refractivity contribution in [1.82, 2.24) is 9.78 Å². The summed E-state index contributed by atoms with van der Waals surface area (Å²) in [5, 5.41) is 22.9. The second-order valence-electron chi connectivity index (χ2n) is 5.35. The van der Waals surface area contributed by atoms with E-state index in [4.69, 9.17) is 10.8 Å². The summed E-state index contributed by atoms with van der Waals surface area (Å²) in [6, 6.07) is 2.30. The van der Waals surface area contributed by atoms with Gasteiger partial charge >= 0.3 is 0 Å². The summed E-state index contributed by atoms with van der Waals surface area (Å²) < 4.78 is 1.70. The fourth-order valence-electron chi connectivity index (χ4n) is 2.48. The van der Waals surface area contributed by atoms with Crippen LogP contribution < -0.4 is 10.6 Å². The van der Waals surface area contributed by atoms with E-state index in [2.05, 4.69) is 16.1 Å². The Morgan fingerprint density at radius 2 is 2.11 bits per heavy atom. The van der Waals surface area contributed by atoms with Gasteiger partial charge in [0.1, 0.15) is 17.5 Å². The van der Waals surface area contributed by atoms with Gasteiger partial charge in [-0.1, -0.05) is 0 Å². The maximum Gasteiger partial charge on any atom is 0.170 e. The van der Waals surface area contributed by atoms with Crippen molar-refractivity contribution in [2.24, 2.45) is 5.92 Å². The summed E-state index contributed by atoms with van der Waals surface area (Å²) in [6.45, 7) is 5.85. The number of piperidine rings is 1. The van der Waals surface area contributed by atoms with Gasteiger partial charge in [0.2, 0.25) is 0 Å². The molecule has 6 heteroatoms. The van der Waals surface area contributed by atoms with E-state index in [-0.39, 0.29) is 12.6 Å². The number of aliphatic hydroxyl groups is 1. The molecular formula is C13H21N5O. The number of rotatable bonds is 3. The normalized spacial score (nSPS) is 16.9. The van der Waals surface area contributed by atoms with Crippen LogP contribution >= 0.6 is 0 Å². The van der Waals surface area contributed by atoms with Gasteiger partial charge < -0.3 is 15.7 Å². The van der Waals surface area contributed by atoms with Crippen molar-refractivity contribution in [3.05, 3.63) is 5.56 Å². The number of nitrogens with zero attached hydrogens (tertiary/aromatic N) is 4. The van der Waals surface area contributed by atoms with Gasteiger partial charge in [-0.25, -0.2) is 4.68 Å². The van der Waals surface area contributed by atoms with Gasteiger partial charge in [0.05, 0.1) is 0 Å². The van der Waals surface area contributed by atoms with Crippen LogP contribution in [0.25, 0.3) is 0 Å². The average Bonchev–Trinajstić information content (AvgIpc) is 2.76. The standard InChI is InChI=1S/C13H21N5O/c1-9(2)18-12(15)11(7-14)13(16-18)17-5-3-10(8-19)4-6-17/h9-10,19H,3-6,8,15H2,1-2H3. The first kappa shape index (κ1) is 13.7. The van der Waals surface area contributed by atoms with E-state index in [1.807, 2.05) is 13.8 Å². The molecule has 0 aromatic carbocycles.